The Morgan fingerprint density at radius 1 is 1.19 bits per heavy atom. The van der Waals surface area contributed by atoms with E-state index >= 15 is 0 Å². The van der Waals surface area contributed by atoms with Gasteiger partial charge < -0.3 is 19.8 Å². The molecular weight excluding hydrogens is 218 g/mol. The number of carbonyl (C=O) groups is 2. The smallest absolute Gasteiger partial charge is 0.357 e. The summed E-state index contributed by atoms with van der Waals surface area (Å²) in [6.07, 6.45) is 1.64. The summed E-state index contributed by atoms with van der Waals surface area (Å²) >= 11 is 0. The number of aromatic hydroxyl groups is 2. The maximum atomic E-state index is 11.1. The molecule has 0 atom stereocenters. The first kappa shape index (κ1) is 11.6. The molecule has 0 aliphatic heterocycles. The second-order valence-electron chi connectivity index (χ2n) is 2.61. The van der Waals surface area contributed by atoms with Crippen molar-refractivity contribution in [3.05, 3.63) is 24.3 Å². The maximum Gasteiger partial charge on any atom is 0.357 e. The fraction of sp³-hybridized carbons (Fsp3) is 0.111. The summed E-state index contributed by atoms with van der Waals surface area (Å²) in [4.78, 5) is 26.2. The molecule has 0 radical (unpaired) electrons. The first-order valence-electron chi connectivity index (χ1n) is 4.12. The van der Waals surface area contributed by atoms with Gasteiger partial charge in [0.15, 0.2) is 0 Å². The number of aromatic nitrogens is 1. The number of rotatable bonds is 3. The van der Waals surface area contributed by atoms with Gasteiger partial charge in [-0.1, -0.05) is 0 Å². The third kappa shape index (κ3) is 2.77. The average Bonchev–Trinajstić information content (AvgIpc) is 2.57. The van der Waals surface area contributed by atoms with Crippen LogP contribution in [0.1, 0.15) is 0 Å². The van der Waals surface area contributed by atoms with Gasteiger partial charge in [0.25, 0.3) is 0 Å². The summed E-state index contributed by atoms with van der Waals surface area (Å²) in [5.41, 5.74) is 0. The van der Waals surface area contributed by atoms with Crippen molar-refractivity contribution in [3.63, 3.8) is 0 Å². The second-order valence-corrected chi connectivity index (χ2v) is 2.61. The van der Waals surface area contributed by atoms with Gasteiger partial charge in [-0.25, -0.2) is 9.59 Å². The van der Waals surface area contributed by atoms with Gasteiger partial charge in [0.1, 0.15) is 0 Å². The first-order valence-corrected chi connectivity index (χ1v) is 4.12. The van der Waals surface area contributed by atoms with E-state index in [1.54, 1.807) is 0 Å². The molecule has 0 fully saturated rings. The molecule has 0 bridgehead atoms. The van der Waals surface area contributed by atoms with Crippen LogP contribution in [0, 0.1) is 0 Å². The molecule has 0 amide bonds. The van der Waals surface area contributed by atoms with Crippen LogP contribution in [0.4, 0.5) is 0 Å². The predicted molar refractivity (Wildman–Crippen MR) is 50.5 cm³/mol. The van der Waals surface area contributed by atoms with Crippen molar-refractivity contribution in [2.24, 2.45) is 0 Å². The van der Waals surface area contributed by atoms with Crippen LogP contribution in [-0.2, 0) is 14.3 Å². The molecule has 7 nitrogen and oxygen atoms in total. The molecule has 0 aliphatic rings. The van der Waals surface area contributed by atoms with Crippen molar-refractivity contribution >= 4 is 11.9 Å². The van der Waals surface area contributed by atoms with E-state index in [-0.39, 0.29) is 0 Å². The molecule has 0 aliphatic carbocycles. The Bertz CT molecular complexity index is 414. The molecule has 1 aromatic heterocycles. The van der Waals surface area contributed by atoms with Gasteiger partial charge in [0.2, 0.25) is 11.8 Å². The molecule has 7 heteroatoms. The lowest BCUT2D eigenvalue weighted by Gasteiger charge is -2.03. The summed E-state index contributed by atoms with van der Waals surface area (Å²) in [6.45, 7) is 0. The van der Waals surface area contributed by atoms with Crippen molar-refractivity contribution in [1.82, 2.24) is 4.73 Å². The standard InChI is InChI=1S/C9H9NO6/c1-15-8(13)4-5-9(14)16-10-6(11)2-3-7(10)12/h2-5,11-12H,1H3. The Hall–Kier alpha value is -2.44. The second kappa shape index (κ2) is 4.87. The third-order valence-corrected chi connectivity index (χ3v) is 1.54. The molecule has 0 aromatic carbocycles. The van der Waals surface area contributed by atoms with Gasteiger partial charge in [-0.3, -0.25) is 0 Å². The van der Waals surface area contributed by atoms with E-state index in [2.05, 4.69) is 9.57 Å². The van der Waals surface area contributed by atoms with E-state index in [0.29, 0.717) is 4.73 Å². The van der Waals surface area contributed by atoms with Crippen molar-refractivity contribution < 1.29 is 29.4 Å². The highest BCUT2D eigenvalue weighted by Crippen LogP contribution is 2.18. The summed E-state index contributed by atoms with van der Waals surface area (Å²) in [7, 11) is 1.15. The summed E-state index contributed by atoms with van der Waals surface area (Å²) < 4.78 is 4.75. The fourth-order valence-electron chi connectivity index (χ4n) is 0.820. The summed E-state index contributed by atoms with van der Waals surface area (Å²) in [5, 5.41) is 18.2. The number of methoxy groups -OCH3 is 1. The maximum absolute atomic E-state index is 11.1. The van der Waals surface area contributed by atoms with Gasteiger partial charge in [-0.05, 0) is 0 Å². The van der Waals surface area contributed by atoms with Gasteiger partial charge in [0, 0.05) is 24.3 Å². The lowest BCUT2D eigenvalue weighted by atomic mass is 10.5. The quantitative estimate of drug-likeness (QED) is 0.537. The third-order valence-electron chi connectivity index (χ3n) is 1.54. The normalized spacial score (nSPS) is 10.3. The van der Waals surface area contributed by atoms with Crippen LogP contribution in [0.2, 0.25) is 0 Å². The Balaban J connectivity index is 2.65. The highest BCUT2D eigenvalue weighted by molar-refractivity contribution is 5.91. The summed E-state index contributed by atoms with van der Waals surface area (Å²) in [6, 6.07) is 2.26. The number of ether oxygens (including phenoxy) is 1. The highest BCUT2D eigenvalue weighted by atomic mass is 16.7. The zero-order valence-electron chi connectivity index (χ0n) is 8.28. The van der Waals surface area contributed by atoms with E-state index in [1.165, 1.54) is 0 Å². The minimum atomic E-state index is -0.952. The average molecular weight is 227 g/mol. The molecule has 0 unspecified atom stereocenters. The molecule has 1 aromatic rings. The number of hydrogen-bond donors (Lipinski definition) is 2. The van der Waals surface area contributed by atoms with Gasteiger partial charge in [-0.2, -0.15) is 0 Å². The van der Waals surface area contributed by atoms with Gasteiger partial charge in [-0.15, -0.1) is 4.73 Å². The highest BCUT2D eigenvalue weighted by Gasteiger charge is 2.10. The largest absolute Gasteiger partial charge is 0.492 e. The molecule has 16 heavy (non-hydrogen) atoms. The Kier molecular flexibility index (Phi) is 3.54. The van der Waals surface area contributed by atoms with E-state index in [9.17, 15) is 9.59 Å². The van der Waals surface area contributed by atoms with E-state index in [4.69, 9.17) is 10.2 Å². The van der Waals surface area contributed by atoms with Gasteiger partial charge in [0.05, 0.1) is 7.11 Å². The van der Waals surface area contributed by atoms with Crippen LogP contribution >= 0.6 is 0 Å². The van der Waals surface area contributed by atoms with E-state index < -0.39 is 23.7 Å². The lowest BCUT2D eigenvalue weighted by molar-refractivity contribution is -0.140. The topological polar surface area (TPSA) is 98.0 Å². The van der Waals surface area contributed by atoms with Crippen molar-refractivity contribution in [2.45, 2.75) is 0 Å². The Morgan fingerprint density at radius 3 is 2.19 bits per heavy atom. The monoisotopic (exact) mass is 227 g/mol. The van der Waals surface area contributed by atoms with Gasteiger partial charge >= 0.3 is 11.9 Å². The number of carbonyl (C=O) groups excluding carboxylic acids is 2. The van der Waals surface area contributed by atoms with Crippen LogP contribution in [0.25, 0.3) is 0 Å². The molecular formula is C9H9NO6. The molecule has 0 saturated heterocycles. The predicted octanol–water partition coefficient (Wildman–Crippen LogP) is -0.416. The summed E-state index contributed by atoms with van der Waals surface area (Å²) in [5.74, 6) is -2.57. The number of hydrogen-bond acceptors (Lipinski definition) is 6. The van der Waals surface area contributed by atoms with Crippen molar-refractivity contribution in [3.8, 4) is 11.8 Å². The molecule has 1 rings (SSSR count). The number of nitrogens with zero attached hydrogens (tertiary/aromatic N) is 1. The Labute approximate surface area is 90.1 Å². The van der Waals surface area contributed by atoms with Crippen LogP contribution < -0.4 is 4.84 Å². The Morgan fingerprint density at radius 2 is 1.69 bits per heavy atom. The number of esters is 1. The molecule has 2 N–H and O–H groups in total. The zero-order valence-corrected chi connectivity index (χ0v) is 8.28. The van der Waals surface area contributed by atoms with Crippen LogP contribution in [0.15, 0.2) is 24.3 Å². The minimum absolute atomic E-state index is 0.447. The zero-order chi connectivity index (χ0) is 12.1. The van der Waals surface area contributed by atoms with Crippen molar-refractivity contribution in [1.29, 1.82) is 0 Å². The minimum Gasteiger partial charge on any atom is -0.492 e. The van der Waals surface area contributed by atoms with Crippen LogP contribution in [0.3, 0.4) is 0 Å². The first-order chi connectivity index (χ1) is 7.54. The molecule has 0 saturated carbocycles. The van der Waals surface area contributed by atoms with Crippen molar-refractivity contribution in [2.75, 3.05) is 7.11 Å². The fourth-order valence-corrected chi connectivity index (χ4v) is 0.820. The molecule has 1 heterocycles. The van der Waals surface area contributed by atoms with E-state index in [1.807, 2.05) is 0 Å². The SMILES string of the molecule is COC(=O)C=CC(=O)On1c(O)ccc1O. The molecule has 0 spiro atoms. The lowest BCUT2D eigenvalue weighted by Crippen LogP contribution is -2.17. The van der Waals surface area contributed by atoms with Crippen LogP contribution in [-0.4, -0.2) is 34.0 Å². The van der Waals surface area contributed by atoms with E-state index in [0.717, 1.165) is 31.4 Å². The van der Waals surface area contributed by atoms with Crippen LogP contribution in [0.5, 0.6) is 11.8 Å². The molecule has 86 valence electrons.